The van der Waals surface area contributed by atoms with Gasteiger partial charge >= 0.3 is 0 Å². The van der Waals surface area contributed by atoms with Crippen molar-refractivity contribution in [3.8, 4) is 11.8 Å². The van der Waals surface area contributed by atoms with Crippen molar-refractivity contribution in [1.82, 2.24) is 24.8 Å². The topological polar surface area (TPSA) is 145 Å². The largest absolute Gasteiger partial charge is 0.494 e. The summed E-state index contributed by atoms with van der Waals surface area (Å²) in [5.74, 6) is 0.753. The number of furan rings is 2. The minimum Gasteiger partial charge on any atom is -0.494 e. The van der Waals surface area contributed by atoms with Crippen molar-refractivity contribution in [1.29, 1.82) is 5.26 Å². The third-order valence-electron chi connectivity index (χ3n) is 9.94. The molecular weight excluding hydrogens is 696 g/mol. The zero-order valence-corrected chi connectivity index (χ0v) is 29.9. The van der Waals surface area contributed by atoms with Crippen molar-refractivity contribution in [2.75, 3.05) is 56.2 Å². The van der Waals surface area contributed by atoms with Gasteiger partial charge in [-0.15, -0.1) is 0 Å². The number of nitrogens with zero attached hydrogens (tertiary/aromatic N) is 8. The van der Waals surface area contributed by atoms with E-state index in [0.717, 1.165) is 42.3 Å². The van der Waals surface area contributed by atoms with E-state index < -0.39 is 0 Å². The number of benzene rings is 1. The molecule has 53 heavy (non-hydrogen) atoms. The molecule has 2 atom stereocenters. The number of aryl methyl sites for hydroxylation is 1. The summed E-state index contributed by atoms with van der Waals surface area (Å²) in [6.45, 7) is 5.89. The zero-order valence-electron chi connectivity index (χ0n) is 29.1. The van der Waals surface area contributed by atoms with Crippen LogP contribution in [0.3, 0.4) is 0 Å². The average Bonchev–Trinajstić information content (AvgIpc) is 3.59. The molecule has 0 spiro atoms. The lowest BCUT2D eigenvalue weighted by molar-refractivity contribution is 0.0727. The van der Waals surface area contributed by atoms with Crippen LogP contribution in [0.2, 0.25) is 5.02 Å². The normalized spacial score (nSPS) is 17.9. The van der Waals surface area contributed by atoms with Gasteiger partial charge in [0.15, 0.2) is 11.2 Å². The van der Waals surface area contributed by atoms with Gasteiger partial charge in [0.25, 0.3) is 11.8 Å². The molecule has 0 N–H and O–H groups in total. The number of nitriles is 1. The highest BCUT2D eigenvalue weighted by molar-refractivity contribution is 6.31. The molecule has 2 amide bonds. The molecule has 3 fully saturated rings. The Morgan fingerprint density at radius 1 is 0.887 bits per heavy atom. The van der Waals surface area contributed by atoms with Gasteiger partial charge in [-0.05, 0) is 43.7 Å². The van der Waals surface area contributed by atoms with Gasteiger partial charge < -0.3 is 33.2 Å². The van der Waals surface area contributed by atoms with Gasteiger partial charge in [0.05, 0.1) is 66.4 Å². The average molecular weight is 731 g/mol. The van der Waals surface area contributed by atoms with Crippen LogP contribution in [0, 0.1) is 18.3 Å². The Morgan fingerprint density at radius 2 is 1.66 bits per heavy atom. The van der Waals surface area contributed by atoms with Crippen LogP contribution in [0.1, 0.15) is 38.4 Å². The fourth-order valence-corrected chi connectivity index (χ4v) is 7.54. The van der Waals surface area contributed by atoms with Crippen molar-refractivity contribution < 1.29 is 23.2 Å². The van der Waals surface area contributed by atoms with Gasteiger partial charge in [0.2, 0.25) is 0 Å². The number of piperazine rings is 2. The molecule has 268 valence electrons. The molecule has 1 saturated carbocycles. The van der Waals surface area contributed by atoms with Gasteiger partial charge in [-0.25, -0.2) is 4.98 Å². The summed E-state index contributed by atoms with van der Waals surface area (Å²) < 4.78 is 16.4. The summed E-state index contributed by atoms with van der Waals surface area (Å²) in [7, 11) is 1.65. The first-order valence-electron chi connectivity index (χ1n) is 17.3. The standard InChI is InChI=1S/C20H15ClN4O2.C19H20N4O3/c21-13-7-12(11-22)8-14(9-13)24-4-5-25(18-10-17(18)24)20(26)15-1-3-23-16-2-6-27-19(15)16;1-13-11-14(18-15(21-13)4-10-26-18)19(24)23-8-6-22(7-9-23)16-12-20-5-3-17(16)25-2/h1-3,6-9,17-18H,4-5,10H2;3-5,10-12H,6-9H2,1-2H3. The Kier molecular flexibility index (Phi) is 9.05. The summed E-state index contributed by atoms with van der Waals surface area (Å²) in [5.41, 5.74) is 6.87. The Labute approximate surface area is 309 Å². The molecule has 7 heterocycles. The van der Waals surface area contributed by atoms with Crippen molar-refractivity contribution in [2.24, 2.45) is 0 Å². The van der Waals surface area contributed by atoms with Crippen LogP contribution in [-0.4, -0.2) is 95.0 Å². The van der Waals surface area contributed by atoms with Crippen molar-refractivity contribution >= 4 is 57.0 Å². The molecule has 6 aromatic rings. The number of aromatic nitrogens is 3. The highest BCUT2D eigenvalue weighted by atomic mass is 35.5. The number of ether oxygens (including phenoxy) is 1. The number of fused-ring (bicyclic) bond motifs is 3. The first kappa shape index (κ1) is 34.0. The SMILES string of the molecule is COc1ccncc1N1CCN(C(=O)c2cc(C)nc3ccoc23)CC1.N#Cc1cc(Cl)cc(N2CCN(C(=O)c3ccnc4ccoc34)C3CC32)c1. The monoisotopic (exact) mass is 730 g/mol. The summed E-state index contributed by atoms with van der Waals surface area (Å²) in [6.07, 6.45) is 9.18. The number of carbonyl (C=O) groups is 2. The van der Waals surface area contributed by atoms with Gasteiger partial charge in [-0.1, -0.05) is 11.6 Å². The molecular formula is C39H35ClN8O5. The van der Waals surface area contributed by atoms with E-state index in [0.29, 0.717) is 70.1 Å². The zero-order chi connectivity index (χ0) is 36.6. The first-order chi connectivity index (χ1) is 25.8. The number of anilines is 2. The Morgan fingerprint density at radius 3 is 2.43 bits per heavy atom. The molecule has 1 aromatic carbocycles. The van der Waals surface area contributed by atoms with Crippen LogP contribution >= 0.6 is 11.6 Å². The van der Waals surface area contributed by atoms with E-state index in [4.69, 9.17) is 25.2 Å². The molecule has 2 aliphatic heterocycles. The second-order valence-electron chi connectivity index (χ2n) is 13.1. The first-order valence-corrected chi connectivity index (χ1v) is 17.7. The third kappa shape index (κ3) is 6.58. The fourth-order valence-electron chi connectivity index (χ4n) is 7.31. The number of rotatable bonds is 5. The van der Waals surface area contributed by atoms with Gasteiger partial charge in [0, 0.05) is 86.3 Å². The molecule has 9 rings (SSSR count). The minimum absolute atomic E-state index is 0.0201. The van der Waals surface area contributed by atoms with Crippen molar-refractivity contribution in [3.05, 3.63) is 107 Å². The van der Waals surface area contributed by atoms with E-state index in [1.54, 1.807) is 68.6 Å². The molecule has 2 unspecified atom stereocenters. The molecule has 2 saturated heterocycles. The van der Waals surface area contributed by atoms with Crippen LogP contribution in [0.25, 0.3) is 22.2 Å². The minimum atomic E-state index is -0.0201. The lowest BCUT2D eigenvalue weighted by atomic mass is 10.1. The lowest BCUT2D eigenvalue weighted by Gasteiger charge is -2.36. The van der Waals surface area contributed by atoms with Crippen LogP contribution in [0.15, 0.2) is 88.5 Å². The van der Waals surface area contributed by atoms with Gasteiger partial charge in [-0.2, -0.15) is 5.26 Å². The van der Waals surface area contributed by atoms with E-state index in [2.05, 4.69) is 30.8 Å². The molecule has 0 radical (unpaired) electrons. The number of methoxy groups -OCH3 is 1. The molecule has 0 bridgehead atoms. The molecule has 13 nitrogen and oxygen atoms in total. The summed E-state index contributed by atoms with van der Waals surface area (Å²) >= 11 is 6.15. The maximum absolute atomic E-state index is 13.1. The third-order valence-corrected chi connectivity index (χ3v) is 10.2. The molecule has 5 aromatic heterocycles. The van der Waals surface area contributed by atoms with Crippen LogP contribution < -0.4 is 14.5 Å². The molecule has 1 aliphatic carbocycles. The number of hydrogen-bond acceptors (Lipinski definition) is 11. The second kappa shape index (κ2) is 14.1. The quantitative estimate of drug-likeness (QED) is 0.207. The summed E-state index contributed by atoms with van der Waals surface area (Å²) in [4.78, 5) is 47.1. The number of halogens is 1. The number of pyridine rings is 3. The fraction of sp³-hybridized carbons (Fsp3) is 0.282. The van der Waals surface area contributed by atoms with Crippen LogP contribution in [0.5, 0.6) is 5.75 Å². The van der Waals surface area contributed by atoms with E-state index >= 15 is 0 Å². The highest BCUT2D eigenvalue weighted by Gasteiger charge is 2.51. The Bertz CT molecular complexity index is 2380. The number of carbonyl (C=O) groups excluding carboxylic acids is 2. The maximum atomic E-state index is 13.1. The number of amides is 2. The van der Waals surface area contributed by atoms with E-state index in [1.807, 2.05) is 34.9 Å². The lowest BCUT2D eigenvalue weighted by Crippen LogP contribution is -2.49. The van der Waals surface area contributed by atoms with E-state index in [1.165, 1.54) is 0 Å². The number of hydrogen-bond donors (Lipinski definition) is 0. The Hall–Kier alpha value is -6.13. The van der Waals surface area contributed by atoms with Gasteiger partial charge in [0.1, 0.15) is 16.8 Å². The predicted octanol–water partition coefficient (Wildman–Crippen LogP) is 5.96. The highest BCUT2D eigenvalue weighted by Crippen LogP contribution is 2.41. The second-order valence-corrected chi connectivity index (χ2v) is 13.6. The van der Waals surface area contributed by atoms with Crippen LogP contribution in [0.4, 0.5) is 11.4 Å². The summed E-state index contributed by atoms with van der Waals surface area (Å²) in [6, 6.07) is 16.9. The smallest absolute Gasteiger partial charge is 0.258 e. The van der Waals surface area contributed by atoms with Crippen molar-refractivity contribution in [2.45, 2.75) is 25.4 Å². The van der Waals surface area contributed by atoms with Gasteiger partial charge in [-0.3, -0.25) is 19.6 Å². The van der Waals surface area contributed by atoms with Crippen molar-refractivity contribution in [3.63, 3.8) is 0 Å². The van der Waals surface area contributed by atoms with Crippen LogP contribution in [-0.2, 0) is 0 Å². The van der Waals surface area contributed by atoms with E-state index in [9.17, 15) is 14.9 Å². The predicted molar refractivity (Wildman–Crippen MR) is 198 cm³/mol. The summed E-state index contributed by atoms with van der Waals surface area (Å²) in [5, 5.41) is 9.73. The maximum Gasteiger partial charge on any atom is 0.258 e. The molecule has 14 heteroatoms. The Balaban J connectivity index is 0.000000151. The van der Waals surface area contributed by atoms with E-state index in [-0.39, 0.29) is 23.9 Å². The molecule has 3 aliphatic rings.